The van der Waals surface area contributed by atoms with E-state index in [-0.39, 0.29) is 25.0 Å². The molecule has 2 rings (SSSR count). The maximum absolute atomic E-state index is 12.5. The highest BCUT2D eigenvalue weighted by Crippen LogP contribution is 2.29. The van der Waals surface area contributed by atoms with Crippen LogP contribution in [0.15, 0.2) is 23.8 Å². The van der Waals surface area contributed by atoms with E-state index in [1.165, 1.54) is 4.90 Å². The summed E-state index contributed by atoms with van der Waals surface area (Å²) in [6.07, 6.45) is 1.77. The first-order valence-electron chi connectivity index (χ1n) is 7.62. The van der Waals surface area contributed by atoms with Crippen molar-refractivity contribution in [2.45, 2.75) is 13.8 Å². The summed E-state index contributed by atoms with van der Waals surface area (Å²) in [5.74, 6) is 0.426. The van der Waals surface area contributed by atoms with Crippen molar-refractivity contribution in [3.05, 3.63) is 34.4 Å². The zero-order chi connectivity index (χ0) is 17.0. The smallest absolute Gasteiger partial charge is 0.253 e. The number of likely N-dealkylation sites (N-methyl/N-ethyl adjacent to an activating group) is 2. The van der Waals surface area contributed by atoms with Gasteiger partial charge in [-0.05, 0) is 38.1 Å². The zero-order valence-electron chi connectivity index (χ0n) is 13.6. The summed E-state index contributed by atoms with van der Waals surface area (Å²) in [6, 6.07) is 5.28. The van der Waals surface area contributed by atoms with Gasteiger partial charge in [-0.15, -0.1) is 0 Å². The highest BCUT2D eigenvalue weighted by atomic mass is 35.5. The van der Waals surface area contributed by atoms with Gasteiger partial charge in [-0.3, -0.25) is 9.59 Å². The Bertz CT molecular complexity index is 639. The Hall–Kier alpha value is -2.01. The van der Waals surface area contributed by atoms with E-state index in [1.54, 1.807) is 36.2 Å². The van der Waals surface area contributed by atoms with E-state index in [1.807, 2.05) is 13.8 Å². The number of ether oxygens (including phenoxy) is 1. The van der Waals surface area contributed by atoms with Crippen molar-refractivity contribution in [3.63, 3.8) is 0 Å². The summed E-state index contributed by atoms with van der Waals surface area (Å²) in [5.41, 5.74) is 1.28. The van der Waals surface area contributed by atoms with Crippen molar-refractivity contribution < 1.29 is 14.3 Å². The third-order valence-corrected chi connectivity index (χ3v) is 4.03. The monoisotopic (exact) mass is 336 g/mol. The first-order valence-corrected chi connectivity index (χ1v) is 8.00. The fourth-order valence-corrected chi connectivity index (χ4v) is 2.65. The number of halogens is 1. The number of carbonyl (C=O) groups excluding carboxylic acids is 2. The van der Waals surface area contributed by atoms with Crippen LogP contribution in [-0.4, -0.2) is 54.9 Å². The van der Waals surface area contributed by atoms with E-state index in [0.717, 1.165) is 5.56 Å². The van der Waals surface area contributed by atoms with Gasteiger partial charge in [-0.25, -0.2) is 0 Å². The largest absolute Gasteiger partial charge is 0.488 e. The predicted octanol–water partition coefficient (Wildman–Crippen LogP) is 2.44. The molecule has 124 valence electrons. The fourth-order valence-electron chi connectivity index (χ4n) is 2.47. The Labute approximate surface area is 141 Å². The predicted molar refractivity (Wildman–Crippen MR) is 90.5 cm³/mol. The maximum atomic E-state index is 12.5. The summed E-state index contributed by atoms with van der Waals surface area (Å²) < 4.78 is 5.59. The summed E-state index contributed by atoms with van der Waals surface area (Å²) in [7, 11) is 1.62. The van der Waals surface area contributed by atoms with Crippen LogP contribution in [0.5, 0.6) is 5.75 Å². The van der Waals surface area contributed by atoms with Crippen LogP contribution >= 0.6 is 11.6 Å². The van der Waals surface area contributed by atoms with Crippen LogP contribution in [0.2, 0.25) is 5.02 Å². The van der Waals surface area contributed by atoms with Crippen LogP contribution in [0, 0.1) is 0 Å². The molecule has 0 saturated carbocycles. The number of nitrogens with zero attached hydrogens (tertiary/aromatic N) is 2. The number of hydrogen-bond acceptors (Lipinski definition) is 3. The van der Waals surface area contributed by atoms with Crippen molar-refractivity contribution in [2.24, 2.45) is 0 Å². The molecule has 0 atom stereocenters. The molecule has 1 aromatic carbocycles. The van der Waals surface area contributed by atoms with Crippen molar-refractivity contribution in [2.75, 3.05) is 33.3 Å². The maximum Gasteiger partial charge on any atom is 0.253 e. The van der Waals surface area contributed by atoms with E-state index in [2.05, 4.69) is 0 Å². The second-order valence-corrected chi connectivity index (χ2v) is 5.80. The quantitative estimate of drug-likeness (QED) is 0.830. The van der Waals surface area contributed by atoms with E-state index < -0.39 is 0 Å². The van der Waals surface area contributed by atoms with Gasteiger partial charge in [0.25, 0.3) is 5.91 Å². The van der Waals surface area contributed by atoms with Gasteiger partial charge in [0, 0.05) is 30.7 Å². The summed E-state index contributed by atoms with van der Waals surface area (Å²) in [5, 5.41) is 0.586. The molecule has 0 aromatic heterocycles. The van der Waals surface area contributed by atoms with E-state index in [0.29, 0.717) is 29.4 Å². The van der Waals surface area contributed by atoms with Crippen LogP contribution < -0.4 is 4.74 Å². The van der Waals surface area contributed by atoms with Gasteiger partial charge in [-0.1, -0.05) is 11.6 Å². The van der Waals surface area contributed by atoms with Gasteiger partial charge in [-0.2, -0.15) is 0 Å². The number of hydrogen-bond donors (Lipinski definition) is 0. The van der Waals surface area contributed by atoms with Gasteiger partial charge in [0.15, 0.2) is 0 Å². The molecule has 0 unspecified atom stereocenters. The Balaban J connectivity index is 2.10. The van der Waals surface area contributed by atoms with Crippen molar-refractivity contribution >= 4 is 29.5 Å². The standard InChI is InChI=1S/C17H21ClN2O3/c1-4-20(5-2)16(21)10-19(3)17(22)13-8-12-9-14(18)6-7-15(12)23-11-13/h6-9H,4-5,10-11H2,1-3H3. The van der Waals surface area contributed by atoms with Crippen LogP contribution in [-0.2, 0) is 9.59 Å². The Morgan fingerprint density at radius 1 is 1.26 bits per heavy atom. The lowest BCUT2D eigenvalue weighted by Gasteiger charge is -2.25. The highest BCUT2D eigenvalue weighted by Gasteiger charge is 2.23. The number of amides is 2. The molecule has 0 aliphatic carbocycles. The van der Waals surface area contributed by atoms with Crippen molar-refractivity contribution in [1.29, 1.82) is 0 Å². The average molecular weight is 337 g/mol. The van der Waals surface area contributed by atoms with Crippen LogP contribution in [0.4, 0.5) is 0 Å². The van der Waals surface area contributed by atoms with Crippen LogP contribution in [0.3, 0.4) is 0 Å². The molecule has 1 heterocycles. The molecule has 0 bridgehead atoms. The van der Waals surface area contributed by atoms with E-state index >= 15 is 0 Å². The van der Waals surface area contributed by atoms with Crippen LogP contribution in [0.25, 0.3) is 6.08 Å². The van der Waals surface area contributed by atoms with Crippen molar-refractivity contribution in [1.82, 2.24) is 9.80 Å². The zero-order valence-corrected chi connectivity index (χ0v) is 14.4. The molecule has 0 spiro atoms. The summed E-state index contributed by atoms with van der Waals surface area (Å²) >= 11 is 5.97. The molecule has 6 heteroatoms. The molecule has 1 aromatic rings. The van der Waals surface area contributed by atoms with Gasteiger partial charge in [0.05, 0.1) is 12.1 Å². The minimum Gasteiger partial charge on any atom is -0.488 e. The lowest BCUT2D eigenvalue weighted by Crippen LogP contribution is -2.42. The van der Waals surface area contributed by atoms with Gasteiger partial charge in [0.2, 0.25) is 5.91 Å². The van der Waals surface area contributed by atoms with Gasteiger partial charge in [0.1, 0.15) is 12.4 Å². The first kappa shape index (κ1) is 17.3. The minimum atomic E-state index is -0.212. The second-order valence-electron chi connectivity index (χ2n) is 5.37. The molecule has 0 saturated heterocycles. The number of carbonyl (C=O) groups is 2. The van der Waals surface area contributed by atoms with E-state index in [4.69, 9.17) is 16.3 Å². The molecule has 23 heavy (non-hydrogen) atoms. The third-order valence-electron chi connectivity index (χ3n) is 3.79. The lowest BCUT2D eigenvalue weighted by atomic mass is 10.1. The Morgan fingerprint density at radius 3 is 2.61 bits per heavy atom. The average Bonchev–Trinajstić information content (AvgIpc) is 2.54. The molecule has 1 aliphatic rings. The summed E-state index contributed by atoms with van der Waals surface area (Å²) in [4.78, 5) is 27.7. The number of benzene rings is 1. The molecular weight excluding hydrogens is 316 g/mol. The lowest BCUT2D eigenvalue weighted by molar-refractivity contribution is -0.137. The molecule has 0 fully saturated rings. The second kappa shape index (κ2) is 7.51. The van der Waals surface area contributed by atoms with Gasteiger partial charge < -0.3 is 14.5 Å². The van der Waals surface area contributed by atoms with Crippen LogP contribution in [0.1, 0.15) is 19.4 Å². The molecule has 0 N–H and O–H groups in total. The van der Waals surface area contributed by atoms with Gasteiger partial charge >= 0.3 is 0 Å². The number of fused-ring (bicyclic) bond motifs is 1. The Morgan fingerprint density at radius 2 is 1.96 bits per heavy atom. The third kappa shape index (κ3) is 4.05. The normalized spacial score (nSPS) is 12.8. The molecule has 0 radical (unpaired) electrons. The highest BCUT2D eigenvalue weighted by molar-refractivity contribution is 6.30. The van der Waals surface area contributed by atoms with E-state index in [9.17, 15) is 9.59 Å². The number of rotatable bonds is 5. The molecule has 2 amide bonds. The first-order chi connectivity index (χ1) is 11.0. The molecule has 5 nitrogen and oxygen atoms in total. The summed E-state index contributed by atoms with van der Waals surface area (Å²) in [6.45, 7) is 5.35. The fraction of sp³-hybridized carbons (Fsp3) is 0.412. The topological polar surface area (TPSA) is 49.9 Å². The molecule has 1 aliphatic heterocycles. The Kier molecular flexibility index (Phi) is 5.66. The molecular formula is C17H21ClN2O3. The SMILES string of the molecule is CCN(CC)C(=O)CN(C)C(=O)C1=Cc2cc(Cl)ccc2OC1. The van der Waals surface area contributed by atoms with Crippen molar-refractivity contribution in [3.8, 4) is 5.75 Å². The minimum absolute atomic E-state index is 0.0558.